The molecule has 4 atom stereocenters. The van der Waals surface area contributed by atoms with Gasteiger partial charge in [0.1, 0.15) is 5.75 Å². The second-order valence-electron chi connectivity index (χ2n) is 9.25. The maximum absolute atomic E-state index is 12.6. The first-order chi connectivity index (χ1) is 15.3. The van der Waals surface area contributed by atoms with Crippen molar-refractivity contribution in [1.29, 1.82) is 0 Å². The monoisotopic (exact) mass is 444 g/mol. The van der Waals surface area contributed by atoms with Gasteiger partial charge in [0.15, 0.2) is 13.2 Å². The molecule has 1 aromatic rings. The zero-order valence-electron chi connectivity index (χ0n) is 19.5. The van der Waals surface area contributed by atoms with Gasteiger partial charge in [-0.1, -0.05) is 19.8 Å². The van der Waals surface area contributed by atoms with Gasteiger partial charge in [0.2, 0.25) is 0 Å². The van der Waals surface area contributed by atoms with Crippen molar-refractivity contribution in [2.75, 3.05) is 13.2 Å². The van der Waals surface area contributed by atoms with E-state index < -0.39 is 5.97 Å². The second kappa shape index (κ2) is 11.3. The van der Waals surface area contributed by atoms with Crippen LogP contribution in [0.4, 0.5) is 0 Å². The summed E-state index contributed by atoms with van der Waals surface area (Å²) in [6.07, 6.45) is 7.58. The highest BCUT2D eigenvalue weighted by atomic mass is 16.5. The first-order valence-electron chi connectivity index (χ1n) is 11.9. The normalized spacial score (nSPS) is 25.7. The average molecular weight is 445 g/mol. The number of benzene rings is 1. The zero-order chi connectivity index (χ0) is 23.1. The van der Waals surface area contributed by atoms with E-state index in [0.717, 1.165) is 38.5 Å². The highest BCUT2D eigenvalue weighted by molar-refractivity contribution is 5.91. The van der Waals surface area contributed by atoms with Gasteiger partial charge in [0.25, 0.3) is 11.8 Å². The van der Waals surface area contributed by atoms with Crippen molar-refractivity contribution >= 4 is 17.8 Å². The Morgan fingerprint density at radius 3 is 2.22 bits per heavy atom. The number of piperidine rings is 1. The number of nitrogens with zero attached hydrogens (tertiary/aromatic N) is 1. The third-order valence-corrected chi connectivity index (χ3v) is 6.73. The third-order valence-electron chi connectivity index (χ3n) is 6.73. The van der Waals surface area contributed by atoms with E-state index in [2.05, 4.69) is 26.1 Å². The third kappa shape index (κ3) is 6.47. The number of amides is 2. The fraction of sp³-hybridized carbons (Fsp3) is 0.640. The van der Waals surface area contributed by atoms with Gasteiger partial charge in [-0.15, -0.1) is 0 Å². The Labute approximate surface area is 190 Å². The van der Waals surface area contributed by atoms with E-state index >= 15 is 0 Å². The van der Waals surface area contributed by atoms with Crippen LogP contribution in [-0.4, -0.2) is 54.0 Å². The molecule has 2 aliphatic rings. The quantitative estimate of drug-likeness (QED) is 0.648. The van der Waals surface area contributed by atoms with Crippen LogP contribution >= 0.6 is 0 Å². The summed E-state index contributed by atoms with van der Waals surface area (Å²) in [7, 11) is 0. The van der Waals surface area contributed by atoms with Crippen LogP contribution in [0.5, 0.6) is 5.75 Å². The molecule has 7 heteroatoms. The molecule has 0 unspecified atom stereocenters. The molecule has 0 spiro atoms. The molecule has 7 nitrogen and oxygen atoms in total. The fourth-order valence-corrected chi connectivity index (χ4v) is 4.81. The van der Waals surface area contributed by atoms with Gasteiger partial charge in [-0.05, 0) is 76.1 Å². The Morgan fingerprint density at radius 1 is 0.906 bits per heavy atom. The van der Waals surface area contributed by atoms with Gasteiger partial charge in [-0.3, -0.25) is 9.59 Å². The summed E-state index contributed by atoms with van der Waals surface area (Å²) in [6.45, 7) is 5.97. The largest absolute Gasteiger partial charge is 0.484 e. The van der Waals surface area contributed by atoms with E-state index in [0.29, 0.717) is 17.2 Å². The smallest absolute Gasteiger partial charge is 0.338 e. The average Bonchev–Trinajstić information content (AvgIpc) is 2.78. The van der Waals surface area contributed by atoms with Crippen molar-refractivity contribution in [1.82, 2.24) is 10.2 Å². The lowest BCUT2D eigenvalue weighted by Crippen LogP contribution is -2.49. The predicted molar refractivity (Wildman–Crippen MR) is 121 cm³/mol. The molecule has 176 valence electrons. The van der Waals surface area contributed by atoms with E-state index in [-0.39, 0.29) is 43.2 Å². The SMILES string of the molecule is C[C@@H]1CCCC[C@@H]1NC(=O)COC(=O)c1ccc(OCC(=O)N2[C@@H](C)CCC[C@@H]2C)cc1. The zero-order valence-corrected chi connectivity index (χ0v) is 19.5. The number of esters is 1. The molecule has 3 rings (SSSR count). The number of ether oxygens (including phenoxy) is 2. The molecule has 0 aromatic heterocycles. The summed E-state index contributed by atoms with van der Waals surface area (Å²) in [5.41, 5.74) is 0.334. The van der Waals surface area contributed by atoms with Gasteiger partial charge in [0, 0.05) is 18.1 Å². The summed E-state index contributed by atoms with van der Waals surface area (Å²) >= 11 is 0. The Balaban J connectivity index is 1.42. The summed E-state index contributed by atoms with van der Waals surface area (Å²) in [5, 5.41) is 2.97. The van der Waals surface area contributed by atoms with Gasteiger partial charge in [0.05, 0.1) is 5.56 Å². The highest BCUT2D eigenvalue weighted by Crippen LogP contribution is 2.24. The molecule has 1 aliphatic heterocycles. The van der Waals surface area contributed by atoms with Crippen molar-refractivity contribution < 1.29 is 23.9 Å². The van der Waals surface area contributed by atoms with Gasteiger partial charge in [-0.25, -0.2) is 4.79 Å². The molecular formula is C25H36N2O5. The molecule has 1 aliphatic carbocycles. The first kappa shape index (κ1) is 24.1. The molecule has 1 heterocycles. The molecule has 1 N–H and O–H groups in total. The highest BCUT2D eigenvalue weighted by Gasteiger charge is 2.29. The summed E-state index contributed by atoms with van der Waals surface area (Å²) in [6, 6.07) is 7.04. The lowest BCUT2D eigenvalue weighted by molar-refractivity contribution is -0.139. The van der Waals surface area contributed by atoms with Crippen molar-refractivity contribution in [2.45, 2.75) is 83.8 Å². The van der Waals surface area contributed by atoms with Crippen LogP contribution in [0, 0.1) is 5.92 Å². The summed E-state index contributed by atoms with van der Waals surface area (Å²) in [4.78, 5) is 38.9. The van der Waals surface area contributed by atoms with Crippen molar-refractivity contribution in [3.8, 4) is 5.75 Å². The van der Waals surface area contributed by atoms with Gasteiger partial charge < -0.3 is 19.7 Å². The molecular weight excluding hydrogens is 408 g/mol. The van der Waals surface area contributed by atoms with Crippen molar-refractivity contribution in [3.05, 3.63) is 29.8 Å². The van der Waals surface area contributed by atoms with Crippen LogP contribution in [0.25, 0.3) is 0 Å². The summed E-state index contributed by atoms with van der Waals surface area (Å²) < 4.78 is 10.8. The lowest BCUT2D eigenvalue weighted by Gasteiger charge is -2.38. The van der Waals surface area contributed by atoms with Crippen LogP contribution in [-0.2, 0) is 14.3 Å². The maximum atomic E-state index is 12.6. The van der Waals surface area contributed by atoms with E-state index in [1.807, 2.05) is 4.90 Å². The lowest BCUT2D eigenvalue weighted by atomic mass is 9.86. The van der Waals surface area contributed by atoms with E-state index in [9.17, 15) is 14.4 Å². The number of rotatable bonds is 7. The minimum Gasteiger partial charge on any atom is -0.484 e. The minimum atomic E-state index is -0.560. The Morgan fingerprint density at radius 2 is 1.56 bits per heavy atom. The molecule has 0 bridgehead atoms. The maximum Gasteiger partial charge on any atom is 0.338 e. The van der Waals surface area contributed by atoms with E-state index in [1.54, 1.807) is 24.3 Å². The number of hydrogen-bond donors (Lipinski definition) is 1. The molecule has 1 aromatic carbocycles. The van der Waals surface area contributed by atoms with Crippen LogP contribution in [0.15, 0.2) is 24.3 Å². The van der Waals surface area contributed by atoms with E-state index in [1.165, 1.54) is 6.42 Å². The standard InChI is InChI=1S/C25H36N2O5/c1-17-7-4-5-10-22(17)26-23(28)15-32-25(30)20-11-13-21(14-12-20)31-16-24(29)27-18(2)8-6-9-19(27)3/h11-14,17-19,22H,4-10,15-16H2,1-3H3,(H,26,28)/t17-,18+,19+,22+/m1/s1. The molecule has 32 heavy (non-hydrogen) atoms. The Bertz CT molecular complexity index is 784. The molecule has 1 saturated heterocycles. The van der Waals surface area contributed by atoms with Crippen LogP contribution < -0.4 is 10.1 Å². The van der Waals surface area contributed by atoms with Crippen molar-refractivity contribution in [2.24, 2.45) is 5.92 Å². The van der Waals surface area contributed by atoms with Crippen molar-refractivity contribution in [3.63, 3.8) is 0 Å². The number of carbonyl (C=O) groups is 3. The summed E-state index contributed by atoms with van der Waals surface area (Å²) in [5.74, 6) is 0.110. The number of likely N-dealkylation sites (tertiary alicyclic amines) is 1. The Kier molecular flexibility index (Phi) is 8.53. The second-order valence-corrected chi connectivity index (χ2v) is 9.25. The minimum absolute atomic E-state index is 0.0218. The number of carbonyl (C=O) groups excluding carboxylic acids is 3. The number of hydrogen-bond acceptors (Lipinski definition) is 5. The predicted octanol–water partition coefficient (Wildman–Crippen LogP) is 3.71. The number of nitrogens with one attached hydrogen (secondary N) is 1. The topological polar surface area (TPSA) is 84.9 Å². The molecule has 1 saturated carbocycles. The van der Waals surface area contributed by atoms with Crippen LogP contribution in [0.2, 0.25) is 0 Å². The van der Waals surface area contributed by atoms with E-state index in [4.69, 9.17) is 9.47 Å². The first-order valence-corrected chi connectivity index (χ1v) is 11.9. The molecule has 2 fully saturated rings. The molecule has 2 amide bonds. The molecule has 0 radical (unpaired) electrons. The van der Waals surface area contributed by atoms with Gasteiger partial charge >= 0.3 is 5.97 Å². The van der Waals surface area contributed by atoms with Crippen LogP contribution in [0.3, 0.4) is 0 Å². The fourth-order valence-electron chi connectivity index (χ4n) is 4.81. The Hall–Kier alpha value is -2.57. The van der Waals surface area contributed by atoms with Gasteiger partial charge in [-0.2, -0.15) is 0 Å². The van der Waals surface area contributed by atoms with Crippen LogP contribution in [0.1, 0.15) is 76.1 Å².